The van der Waals surface area contributed by atoms with Gasteiger partial charge in [-0.1, -0.05) is 12.1 Å². The predicted molar refractivity (Wildman–Crippen MR) is 137 cm³/mol. The van der Waals surface area contributed by atoms with E-state index < -0.39 is 23.2 Å². The fraction of sp³-hybridized carbons (Fsp3) is 0.567. The first-order valence-corrected chi connectivity index (χ1v) is 14.0. The Balaban J connectivity index is 1.10. The zero-order chi connectivity index (χ0) is 28.2. The maximum atomic E-state index is 14.4. The Morgan fingerprint density at radius 3 is 2.38 bits per heavy atom. The van der Waals surface area contributed by atoms with E-state index in [1.807, 2.05) is 12.1 Å². The lowest BCUT2D eigenvalue weighted by atomic mass is 9.84. The molecule has 3 heterocycles. The Morgan fingerprint density at radius 2 is 1.75 bits per heavy atom. The second kappa shape index (κ2) is 10.3. The van der Waals surface area contributed by atoms with Crippen molar-refractivity contribution in [2.75, 3.05) is 26.4 Å². The molecule has 10 heteroatoms. The average molecular weight is 565 g/mol. The van der Waals surface area contributed by atoms with E-state index in [1.165, 1.54) is 16.5 Å². The highest BCUT2D eigenvalue weighted by atomic mass is 19.4. The van der Waals surface area contributed by atoms with Crippen LogP contribution in [0.5, 0.6) is 5.75 Å². The van der Waals surface area contributed by atoms with E-state index in [9.17, 15) is 26.7 Å². The highest BCUT2D eigenvalue weighted by Gasteiger charge is 2.56. The Bertz CT molecular complexity index is 1280. The molecule has 3 aliphatic heterocycles. The van der Waals surface area contributed by atoms with Gasteiger partial charge in [-0.05, 0) is 99.7 Å². The third kappa shape index (κ3) is 5.09. The summed E-state index contributed by atoms with van der Waals surface area (Å²) in [5.74, 6) is -1.34. The number of nitrogens with zero attached hydrogens (tertiary/aromatic N) is 2. The van der Waals surface area contributed by atoms with Crippen molar-refractivity contribution in [3.63, 3.8) is 0 Å². The number of alkyl halides is 3. The summed E-state index contributed by atoms with van der Waals surface area (Å²) in [5, 5.41) is 0. The van der Waals surface area contributed by atoms with Crippen LogP contribution in [0.3, 0.4) is 0 Å². The lowest BCUT2D eigenvalue weighted by molar-refractivity contribution is -0.180. The third-order valence-electron chi connectivity index (χ3n) is 9.14. The zero-order valence-electron chi connectivity index (χ0n) is 22.4. The van der Waals surface area contributed by atoms with Crippen molar-refractivity contribution in [2.45, 2.75) is 75.7 Å². The maximum Gasteiger partial charge on any atom is 0.416 e. The minimum absolute atomic E-state index is 0.00535. The van der Waals surface area contributed by atoms with Crippen molar-refractivity contribution in [3.8, 4) is 5.75 Å². The molecule has 1 amide bonds. The van der Waals surface area contributed by atoms with Crippen LogP contribution >= 0.6 is 0 Å². The first kappa shape index (κ1) is 27.4. The number of halogens is 5. The lowest BCUT2D eigenvalue weighted by Gasteiger charge is -2.46. The van der Waals surface area contributed by atoms with E-state index in [2.05, 4.69) is 4.90 Å². The Hall–Kier alpha value is -2.72. The van der Waals surface area contributed by atoms with Gasteiger partial charge in [-0.2, -0.15) is 13.2 Å². The molecular weight excluding hydrogens is 531 g/mol. The van der Waals surface area contributed by atoms with Crippen molar-refractivity contribution in [1.29, 1.82) is 0 Å². The standard InChI is InChI=1S/C30H33F5N2O3/c1-18-12-20(2-5-25(18)31)19-7-10-36(11-8-19)24-6-9-29(40-16-24,22-3-4-22)28(38)37-15-21-13-23(30(33,34)35)14-26(32)27(21)39-17-37/h2,5,12-14,19,22,24H,3-4,6-11,15-17H2,1H3. The van der Waals surface area contributed by atoms with E-state index in [0.717, 1.165) is 51.3 Å². The highest BCUT2D eigenvalue weighted by molar-refractivity contribution is 5.86. The summed E-state index contributed by atoms with van der Waals surface area (Å²) < 4.78 is 79.7. The second-order valence-corrected chi connectivity index (χ2v) is 11.7. The number of carbonyl (C=O) groups excluding carboxylic acids is 1. The molecule has 0 N–H and O–H groups in total. The number of benzene rings is 2. The van der Waals surface area contributed by atoms with E-state index in [1.54, 1.807) is 6.92 Å². The molecule has 216 valence electrons. The van der Waals surface area contributed by atoms with Crippen LogP contribution in [0.25, 0.3) is 0 Å². The van der Waals surface area contributed by atoms with Gasteiger partial charge in [0.15, 0.2) is 18.3 Å². The number of fused-ring (bicyclic) bond motifs is 1. The Kier molecular flexibility index (Phi) is 7.05. The summed E-state index contributed by atoms with van der Waals surface area (Å²) in [6.45, 7) is 3.58. The molecule has 2 aromatic rings. The predicted octanol–water partition coefficient (Wildman–Crippen LogP) is 6.18. The molecule has 0 aromatic heterocycles. The SMILES string of the molecule is Cc1cc(C2CCN(C3CCC(C(=O)N4COc5c(F)cc(C(F)(F)F)cc5C4)(C4CC4)OC3)CC2)ccc1F. The normalized spacial score (nSPS) is 26.4. The minimum Gasteiger partial charge on any atom is -0.470 e. The smallest absolute Gasteiger partial charge is 0.416 e. The third-order valence-corrected chi connectivity index (χ3v) is 9.14. The van der Waals surface area contributed by atoms with Crippen molar-refractivity contribution >= 4 is 5.91 Å². The number of hydrogen-bond acceptors (Lipinski definition) is 4. The Labute approximate surface area is 230 Å². The molecule has 2 unspecified atom stereocenters. The molecule has 2 atom stereocenters. The molecule has 5 nitrogen and oxygen atoms in total. The zero-order valence-corrected chi connectivity index (χ0v) is 22.4. The lowest BCUT2D eigenvalue weighted by Crippen LogP contribution is -2.59. The molecule has 3 fully saturated rings. The maximum absolute atomic E-state index is 14.4. The second-order valence-electron chi connectivity index (χ2n) is 11.7. The number of aryl methyl sites for hydroxylation is 1. The van der Waals surface area contributed by atoms with Gasteiger partial charge in [0.05, 0.1) is 18.7 Å². The first-order valence-electron chi connectivity index (χ1n) is 14.0. The van der Waals surface area contributed by atoms with Crippen molar-refractivity contribution < 1.29 is 36.2 Å². The summed E-state index contributed by atoms with van der Waals surface area (Å²) in [7, 11) is 0. The van der Waals surface area contributed by atoms with Gasteiger partial charge in [-0.15, -0.1) is 0 Å². The Morgan fingerprint density at radius 1 is 1.00 bits per heavy atom. The van der Waals surface area contributed by atoms with Crippen LogP contribution in [0.1, 0.15) is 66.7 Å². The number of carbonyl (C=O) groups is 1. The van der Waals surface area contributed by atoms with Gasteiger partial charge >= 0.3 is 6.18 Å². The van der Waals surface area contributed by atoms with Crippen molar-refractivity contribution in [1.82, 2.24) is 9.80 Å². The quantitative estimate of drug-likeness (QED) is 0.416. The molecule has 2 aromatic carbocycles. The molecule has 1 saturated carbocycles. The van der Waals surface area contributed by atoms with Crippen molar-refractivity contribution in [3.05, 3.63) is 64.2 Å². The molecular formula is C30H33F5N2O3. The summed E-state index contributed by atoms with van der Waals surface area (Å²) in [6.07, 6.45) is 0.253. The van der Waals surface area contributed by atoms with Crippen LogP contribution in [-0.2, 0) is 22.3 Å². The molecule has 4 aliphatic rings. The van der Waals surface area contributed by atoms with E-state index in [4.69, 9.17) is 9.47 Å². The molecule has 40 heavy (non-hydrogen) atoms. The average Bonchev–Trinajstić information content (AvgIpc) is 3.80. The highest BCUT2D eigenvalue weighted by Crippen LogP contribution is 2.49. The van der Waals surface area contributed by atoms with E-state index in [0.29, 0.717) is 30.6 Å². The van der Waals surface area contributed by atoms with E-state index >= 15 is 0 Å². The molecule has 2 saturated heterocycles. The summed E-state index contributed by atoms with van der Waals surface area (Å²) in [4.78, 5) is 17.6. The number of ether oxygens (including phenoxy) is 2. The van der Waals surface area contributed by atoms with Gasteiger partial charge in [0, 0.05) is 11.6 Å². The fourth-order valence-electron chi connectivity index (χ4n) is 6.69. The first-order chi connectivity index (χ1) is 19.0. The van der Waals surface area contributed by atoms with Crippen LogP contribution in [0.4, 0.5) is 22.0 Å². The fourth-order valence-corrected chi connectivity index (χ4v) is 6.69. The van der Waals surface area contributed by atoms with E-state index in [-0.39, 0.29) is 48.3 Å². The van der Waals surface area contributed by atoms with Crippen molar-refractivity contribution in [2.24, 2.45) is 5.92 Å². The molecule has 0 bridgehead atoms. The largest absolute Gasteiger partial charge is 0.470 e. The van der Waals surface area contributed by atoms with Gasteiger partial charge in [0.25, 0.3) is 5.91 Å². The molecule has 1 aliphatic carbocycles. The van der Waals surface area contributed by atoms with Crippen LogP contribution in [0, 0.1) is 24.5 Å². The monoisotopic (exact) mass is 564 g/mol. The number of rotatable bonds is 4. The molecule has 0 spiro atoms. The molecule has 6 rings (SSSR count). The number of hydrogen-bond donors (Lipinski definition) is 0. The topological polar surface area (TPSA) is 42.0 Å². The van der Waals surface area contributed by atoms with Gasteiger partial charge in [0.1, 0.15) is 11.4 Å². The summed E-state index contributed by atoms with van der Waals surface area (Å²) >= 11 is 0. The van der Waals surface area contributed by atoms with Crippen LogP contribution in [0.2, 0.25) is 0 Å². The van der Waals surface area contributed by atoms with Gasteiger partial charge in [-0.3, -0.25) is 9.69 Å². The summed E-state index contributed by atoms with van der Waals surface area (Å²) in [5.41, 5.74) is -0.291. The van der Waals surface area contributed by atoms with Crippen LogP contribution < -0.4 is 4.74 Å². The number of likely N-dealkylation sites (tertiary alicyclic amines) is 1. The van der Waals surface area contributed by atoms with Gasteiger partial charge < -0.3 is 14.4 Å². The van der Waals surface area contributed by atoms with Gasteiger partial charge in [-0.25, -0.2) is 8.78 Å². The van der Waals surface area contributed by atoms with Gasteiger partial charge in [0.2, 0.25) is 0 Å². The summed E-state index contributed by atoms with van der Waals surface area (Å²) in [6, 6.07) is 6.82. The number of amides is 1. The minimum atomic E-state index is -4.70. The van der Waals surface area contributed by atoms with Crippen LogP contribution in [-0.4, -0.2) is 53.8 Å². The van der Waals surface area contributed by atoms with Crippen LogP contribution in [0.15, 0.2) is 30.3 Å². The molecule has 0 radical (unpaired) electrons. The number of piperidine rings is 1.